The molecule has 1 nitrogen and oxygen atoms in total. The minimum atomic E-state index is 0.570. The van der Waals surface area contributed by atoms with Crippen LogP contribution in [0.4, 0.5) is 0 Å². The van der Waals surface area contributed by atoms with E-state index in [2.05, 4.69) is 6.92 Å². The fourth-order valence-electron chi connectivity index (χ4n) is 2.54. The molecule has 2 rings (SSSR count). The maximum atomic E-state index is 5.84. The van der Waals surface area contributed by atoms with Gasteiger partial charge in [-0.25, -0.2) is 0 Å². The Hall–Kier alpha value is -0.0400. The lowest BCUT2D eigenvalue weighted by molar-refractivity contribution is 0.0927. The molecule has 2 aliphatic carbocycles. The molecule has 58 valence electrons. The summed E-state index contributed by atoms with van der Waals surface area (Å²) in [5.41, 5.74) is 6.56. The summed E-state index contributed by atoms with van der Waals surface area (Å²) in [6, 6.07) is 0.570. The Bertz CT molecular complexity index is 132. The zero-order chi connectivity index (χ0) is 7.19. The molecule has 0 aliphatic heterocycles. The van der Waals surface area contributed by atoms with Gasteiger partial charge in [-0.15, -0.1) is 0 Å². The van der Waals surface area contributed by atoms with E-state index in [1.807, 2.05) is 0 Å². The minimum Gasteiger partial charge on any atom is -0.327 e. The Morgan fingerprint density at radius 2 is 2.10 bits per heavy atom. The fraction of sp³-hybridized carbons (Fsp3) is 1.00. The van der Waals surface area contributed by atoms with Crippen molar-refractivity contribution in [2.45, 2.75) is 45.1 Å². The summed E-state index contributed by atoms with van der Waals surface area (Å²) in [5, 5.41) is 0. The largest absolute Gasteiger partial charge is 0.327 e. The van der Waals surface area contributed by atoms with Crippen LogP contribution in [0.5, 0.6) is 0 Å². The molecule has 2 unspecified atom stereocenters. The number of rotatable bonds is 2. The van der Waals surface area contributed by atoms with Crippen LogP contribution in [0.25, 0.3) is 0 Å². The van der Waals surface area contributed by atoms with Crippen LogP contribution in [0.3, 0.4) is 0 Å². The van der Waals surface area contributed by atoms with Crippen molar-refractivity contribution in [1.29, 1.82) is 0 Å². The lowest BCUT2D eigenvalue weighted by Gasteiger charge is -2.42. The zero-order valence-corrected chi connectivity index (χ0v) is 6.77. The Morgan fingerprint density at radius 3 is 2.20 bits per heavy atom. The van der Waals surface area contributed by atoms with E-state index in [4.69, 9.17) is 5.73 Å². The monoisotopic (exact) mass is 139 g/mol. The van der Waals surface area contributed by atoms with E-state index >= 15 is 0 Å². The van der Waals surface area contributed by atoms with Gasteiger partial charge < -0.3 is 5.73 Å². The molecule has 0 heterocycles. The van der Waals surface area contributed by atoms with Crippen molar-refractivity contribution in [3.63, 3.8) is 0 Å². The van der Waals surface area contributed by atoms with Gasteiger partial charge in [0, 0.05) is 6.04 Å². The van der Waals surface area contributed by atoms with Gasteiger partial charge in [-0.1, -0.05) is 19.8 Å². The van der Waals surface area contributed by atoms with Gasteiger partial charge in [0.05, 0.1) is 0 Å². The van der Waals surface area contributed by atoms with Crippen LogP contribution in [0.1, 0.15) is 39.0 Å². The molecule has 2 N–H and O–H groups in total. The predicted octanol–water partition coefficient (Wildman–Crippen LogP) is 1.91. The summed E-state index contributed by atoms with van der Waals surface area (Å²) in [6.07, 6.45) is 7.06. The highest BCUT2D eigenvalue weighted by molar-refractivity contribution is 5.05. The van der Waals surface area contributed by atoms with Crippen LogP contribution in [0.15, 0.2) is 0 Å². The molecule has 0 bridgehead atoms. The Balaban J connectivity index is 1.99. The summed E-state index contributed by atoms with van der Waals surface area (Å²) in [6.45, 7) is 2.32. The Kier molecular flexibility index (Phi) is 1.31. The highest BCUT2D eigenvalue weighted by Gasteiger charge is 2.52. The third-order valence-corrected chi connectivity index (χ3v) is 3.68. The highest BCUT2D eigenvalue weighted by Crippen LogP contribution is 2.58. The zero-order valence-electron chi connectivity index (χ0n) is 6.77. The topological polar surface area (TPSA) is 26.0 Å². The summed E-state index contributed by atoms with van der Waals surface area (Å²) in [5.74, 6) is 0.909. The third-order valence-electron chi connectivity index (χ3n) is 3.68. The molecule has 2 fully saturated rings. The van der Waals surface area contributed by atoms with Crippen molar-refractivity contribution in [2.24, 2.45) is 17.1 Å². The van der Waals surface area contributed by atoms with Crippen molar-refractivity contribution in [1.82, 2.24) is 0 Å². The van der Waals surface area contributed by atoms with Gasteiger partial charge in [0.15, 0.2) is 0 Å². The molecule has 0 amide bonds. The molecule has 0 radical (unpaired) electrons. The van der Waals surface area contributed by atoms with Crippen molar-refractivity contribution in [3.8, 4) is 0 Å². The molecule has 0 spiro atoms. The first-order chi connectivity index (χ1) is 4.78. The highest BCUT2D eigenvalue weighted by atomic mass is 14.8. The van der Waals surface area contributed by atoms with Gasteiger partial charge in [0.1, 0.15) is 0 Å². The normalized spacial score (nSPS) is 42.6. The fourth-order valence-corrected chi connectivity index (χ4v) is 2.54. The van der Waals surface area contributed by atoms with Crippen molar-refractivity contribution < 1.29 is 0 Å². The van der Waals surface area contributed by atoms with Crippen LogP contribution in [-0.4, -0.2) is 6.04 Å². The lowest BCUT2D eigenvalue weighted by atomic mass is 9.63. The molecule has 2 saturated carbocycles. The maximum absolute atomic E-state index is 5.84. The molecule has 1 heteroatoms. The second kappa shape index (κ2) is 1.97. The second-order valence-corrected chi connectivity index (χ2v) is 4.08. The summed E-state index contributed by atoms with van der Waals surface area (Å²) < 4.78 is 0. The first kappa shape index (κ1) is 6.66. The molecule has 0 aromatic heterocycles. The summed E-state index contributed by atoms with van der Waals surface area (Å²) in [7, 11) is 0. The van der Waals surface area contributed by atoms with Crippen LogP contribution in [-0.2, 0) is 0 Å². The molecular formula is C9H17N. The molecule has 0 saturated heterocycles. The smallest absolute Gasteiger partial charge is 0.00764 e. The van der Waals surface area contributed by atoms with Crippen LogP contribution < -0.4 is 5.73 Å². The van der Waals surface area contributed by atoms with Gasteiger partial charge in [-0.3, -0.25) is 0 Å². The van der Waals surface area contributed by atoms with Gasteiger partial charge in [-0.2, -0.15) is 0 Å². The average Bonchev–Trinajstić information content (AvgIpc) is 2.46. The standard InChI is InChI=1S/C9H17N/c1-2-9(4-3-5-9)7-6-8(7)10/h7-8H,2-6,10H2,1H3. The van der Waals surface area contributed by atoms with E-state index in [1.165, 1.54) is 32.1 Å². The molecule has 2 aliphatic rings. The van der Waals surface area contributed by atoms with Gasteiger partial charge in [0.2, 0.25) is 0 Å². The van der Waals surface area contributed by atoms with Gasteiger partial charge >= 0.3 is 0 Å². The van der Waals surface area contributed by atoms with Crippen LogP contribution >= 0.6 is 0 Å². The molecule has 2 atom stereocenters. The first-order valence-corrected chi connectivity index (χ1v) is 4.54. The Labute approximate surface area is 63.0 Å². The Morgan fingerprint density at radius 1 is 1.50 bits per heavy atom. The van der Waals surface area contributed by atoms with Crippen molar-refractivity contribution in [2.75, 3.05) is 0 Å². The summed E-state index contributed by atoms with van der Waals surface area (Å²) in [4.78, 5) is 0. The predicted molar refractivity (Wildman–Crippen MR) is 42.7 cm³/mol. The first-order valence-electron chi connectivity index (χ1n) is 4.54. The van der Waals surface area contributed by atoms with E-state index in [0.717, 1.165) is 11.3 Å². The van der Waals surface area contributed by atoms with E-state index in [0.29, 0.717) is 6.04 Å². The lowest BCUT2D eigenvalue weighted by Crippen LogP contribution is -2.33. The third kappa shape index (κ3) is 0.731. The maximum Gasteiger partial charge on any atom is 0.00764 e. The van der Waals surface area contributed by atoms with Gasteiger partial charge in [0.25, 0.3) is 0 Å². The number of hydrogen-bond donors (Lipinski definition) is 1. The molecule has 0 aromatic carbocycles. The van der Waals surface area contributed by atoms with Crippen LogP contribution in [0, 0.1) is 11.3 Å². The number of nitrogens with two attached hydrogens (primary N) is 1. The summed E-state index contributed by atoms with van der Waals surface area (Å²) >= 11 is 0. The molecule has 0 aromatic rings. The van der Waals surface area contributed by atoms with Crippen molar-refractivity contribution in [3.05, 3.63) is 0 Å². The molecular weight excluding hydrogens is 122 g/mol. The van der Waals surface area contributed by atoms with Crippen molar-refractivity contribution >= 4 is 0 Å². The average molecular weight is 139 g/mol. The SMILES string of the molecule is CCC1(C2CC2N)CCC1. The second-order valence-electron chi connectivity index (χ2n) is 4.08. The van der Waals surface area contributed by atoms with Gasteiger partial charge in [-0.05, 0) is 30.6 Å². The molecule has 10 heavy (non-hydrogen) atoms. The van der Waals surface area contributed by atoms with E-state index in [1.54, 1.807) is 0 Å². The van der Waals surface area contributed by atoms with E-state index in [-0.39, 0.29) is 0 Å². The number of hydrogen-bond acceptors (Lipinski definition) is 1. The van der Waals surface area contributed by atoms with E-state index in [9.17, 15) is 0 Å². The minimum absolute atomic E-state index is 0.570. The van der Waals surface area contributed by atoms with Crippen LogP contribution in [0.2, 0.25) is 0 Å². The van der Waals surface area contributed by atoms with E-state index < -0.39 is 0 Å². The quantitative estimate of drug-likeness (QED) is 0.621.